The molecule has 0 bridgehead atoms. The molecule has 1 N–H and O–H groups in total. The van der Waals surface area contributed by atoms with E-state index in [0.717, 1.165) is 17.9 Å². The molecule has 0 aromatic heterocycles. The van der Waals surface area contributed by atoms with E-state index in [1.807, 2.05) is 0 Å². The van der Waals surface area contributed by atoms with Crippen molar-refractivity contribution in [3.8, 4) is 0 Å². The Bertz CT molecular complexity index is 361. The quantitative estimate of drug-likeness (QED) is 0.736. The van der Waals surface area contributed by atoms with Crippen LogP contribution < -0.4 is 5.32 Å². The monoisotopic (exact) mass is 243 g/mol. The Balaban J connectivity index is 1.58. The largest absolute Gasteiger partial charge is 0.382 e. The van der Waals surface area contributed by atoms with Crippen LogP contribution in [0.1, 0.15) is 51.0 Å². The van der Waals surface area contributed by atoms with E-state index in [2.05, 4.69) is 36.5 Å². The lowest BCUT2D eigenvalue weighted by molar-refractivity contribution is 0.568. The standard InChI is InChI=1S/C17H25N/c1-2-3-4-13-5-11-16(12-6-13)18-17(14-7-8-14)15-9-10-15/h5-6,11-12,14-15,17-18H,2-4,7-10H2,1H3. The molecule has 2 fully saturated rings. The van der Waals surface area contributed by atoms with Crippen LogP contribution in [0.5, 0.6) is 0 Å². The molecule has 2 aliphatic carbocycles. The molecule has 2 aliphatic rings. The van der Waals surface area contributed by atoms with Crippen LogP contribution in [-0.4, -0.2) is 6.04 Å². The minimum atomic E-state index is 0.770. The highest BCUT2D eigenvalue weighted by atomic mass is 15.0. The third kappa shape index (κ3) is 3.07. The van der Waals surface area contributed by atoms with Crippen LogP contribution in [0.3, 0.4) is 0 Å². The van der Waals surface area contributed by atoms with Crippen LogP contribution in [-0.2, 0) is 6.42 Å². The third-order valence-electron chi connectivity index (χ3n) is 4.37. The van der Waals surface area contributed by atoms with Crippen LogP contribution in [0.4, 0.5) is 5.69 Å². The maximum absolute atomic E-state index is 3.79. The smallest absolute Gasteiger partial charge is 0.0342 e. The van der Waals surface area contributed by atoms with E-state index in [-0.39, 0.29) is 0 Å². The van der Waals surface area contributed by atoms with Crippen LogP contribution in [0.2, 0.25) is 0 Å². The van der Waals surface area contributed by atoms with Crippen LogP contribution in [0.25, 0.3) is 0 Å². The van der Waals surface area contributed by atoms with Crippen molar-refractivity contribution in [2.45, 2.75) is 57.9 Å². The summed E-state index contributed by atoms with van der Waals surface area (Å²) in [4.78, 5) is 0. The maximum Gasteiger partial charge on any atom is 0.0342 e. The van der Waals surface area contributed by atoms with Crippen molar-refractivity contribution in [2.75, 3.05) is 5.32 Å². The van der Waals surface area contributed by atoms with Gasteiger partial charge in [-0.05, 0) is 68.1 Å². The van der Waals surface area contributed by atoms with Crippen molar-refractivity contribution in [3.63, 3.8) is 0 Å². The molecule has 0 aliphatic heterocycles. The molecule has 1 heteroatoms. The van der Waals surface area contributed by atoms with Gasteiger partial charge in [0.05, 0.1) is 0 Å². The summed E-state index contributed by atoms with van der Waals surface area (Å²) < 4.78 is 0. The highest BCUT2D eigenvalue weighted by Gasteiger charge is 2.41. The van der Waals surface area contributed by atoms with E-state index >= 15 is 0 Å². The summed E-state index contributed by atoms with van der Waals surface area (Å²) in [5.41, 5.74) is 2.82. The zero-order valence-corrected chi connectivity index (χ0v) is 11.5. The molecular formula is C17H25N. The van der Waals surface area contributed by atoms with Gasteiger partial charge in [0.1, 0.15) is 0 Å². The fourth-order valence-corrected chi connectivity index (χ4v) is 2.87. The average molecular weight is 243 g/mol. The molecular weight excluding hydrogens is 218 g/mol. The maximum atomic E-state index is 3.79. The van der Waals surface area contributed by atoms with E-state index in [1.165, 1.54) is 56.2 Å². The number of benzene rings is 1. The van der Waals surface area contributed by atoms with Gasteiger partial charge >= 0.3 is 0 Å². The predicted octanol–water partition coefficient (Wildman–Crippen LogP) is 4.63. The molecule has 2 saturated carbocycles. The molecule has 0 heterocycles. The van der Waals surface area contributed by atoms with Crippen molar-refractivity contribution in [1.82, 2.24) is 0 Å². The lowest BCUT2D eigenvalue weighted by Gasteiger charge is -2.19. The van der Waals surface area contributed by atoms with Gasteiger partial charge in [0, 0.05) is 11.7 Å². The van der Waals surface area contributed by atoms with Crippen LogP contribution in [0, 0.1) is 11.8 Å². The number of unbranched alkanes of at least 4 members (excludes halogenated alkanes) is 1. The fraction of sp³-hybridized carbons (Fsp3) is 0.647. The second-order valence-electron chi connectivity index (χ2n) is 6.15. The van der Waals surface area contributed by atoms with E-state index in [4.69, 9.17) is 0 Å². The Labute approximate surface area is 111 Å². The first-order chi connectivity index (χ1) is 8.86. The summed E-state index contributed by atoms with van der Waals surface area (Å²) in [6, 6.07) is 9.93. The number of rotatable bonds is 7. The van der Waals surface area contributed by atoms with E-state index < -0.39 is 0 Å². The van der Waals surface area contributed by atoms with Gasteiger partial charge in [-0.25, -0.2) is 0 Å². The lowest BCUT2D eigenvalue weighted by atomic mass is 10.1. The van der Waals surface area contributed by atoms with E-state index in [0.29, 0.717) is 0 Å². The Hall–Kier alpha value is -0.980. The zero-order valence-electron chi connectivity index (χ0n) is 11.5. The van der Waals surface area contributed by atoms with Crippen molar-refractivity contribution < 1.29 is 0 Å². The minimum Gasteiger partial charge on any atom is -0.382 e. The van der Waals surface area contributed by atoms with E-state index in [1.54, 1.807) is 0 Å². The number of nitrogens with one attached hydrogen (secondary N) is 1. The van der Waals surface area contributed by atoms with Crippen LogP contribution >= 0.6 is 0 Å². The molecule has 0 atom stereocenters. The van der Waals surface area contributed by atoms with Gasteiger partial charge in [0.25, 0.3) is 0 Å². The molecule has 0 amide bonds. The van der Waals surface area contributed by atoms with Gasteiger partial charge in [0.2, 0.25) is 0 Å². The summed E-state index contributed by atoms with van der Waals surface area (Å²) in [6.45, 7) is 2.26. The van der Waals surface area contributed by atoms with E-state index in [9.17, 15) is 0 Å². The normalized spacial score (nSPS) is 19.2. The lowest BCUT2D eigenvalue weighted by Crippen LogP contribution is -2.24. The minimum absolute atomic E-state index is 0.770. The molecule has 18 heavy (non-hydrogen) atoms. The third-order valence-corrected chi connectivity index (χ3v) is 4.37. The van der Waals surface area contributed by atoms with Gasteiger partial charge in [-0.15, -0.1) is 0 Å². The summed E-state index contributed by atoms with van der Waals surface area (Å²) in [5.74, 6) is 1.94. The molecule has 0 radical (unpaired) electrons. The Morgan fingerprint density at radius 1 is 1.06 bits per heavy atom. The molecule has 1 aromatic carbocycles. The van der Waals surface area contributed by atoms with Gasteiger partial charge < -0.3 is 5.32 Å². The number of aryl methyl sites for hydroxylation is 1. The molecule has 1 nitrogen and oxygen atoms in total. The van der Waals surface area contributed by atoms with Crippen molar-refractivity contribution >= 4 is 5.69 Å². The summed E-state index contributed by atoms with van der Waals surface area (Å²) in [6.07, 6.45) is 9.60. The Morgan fingerprint density at radius 2 is 1.67 bits per heavy atom. The second kappa shape index (κ2) is 5.34. The van der Waals surface area contributed by atoms with Gasteiger partial charge in [0.15, 0.2) is 0 Å². The van der Waals surface area contributed by atoms with Gasteiger partial charge in [-0.2, -0.15) is 0 Å². The second-order valence-corrected chi connectivity index (χ2v) is 6.15. The first-order valence-electron chi connectivity index (χ1n) is 7.72. The molecule has 0 unspecified atom stereocenters. The Kier molecular flexibility index (Phi) is 3.58. The summed E-state index contributed by atoms with van der Waals surface area (Å²) in [5, 5.41) is 3.79. The average Bonchev–Trinajstić information content (AvgIpc) is 3.28. The topological polar surface area (TPSA) is 12.0 Å². The molecule has 0 saturated heterocycles. The first kappa shape index (κ1) is 12.1. The SMILES string of the molecule is CCCCc1ccc(NC(C2CC2)C2CC2)cc1. The molecule has 0 spiro atoms. The van der Waals surface area contributed by atoms with Crippen molar-refractivity contribution in [1.29, 1.82) is 0 Å². The zero-order chi connectivity index (χ0) is 12.4. The summed E-state index contributed by atoms with van der Waals surface area (Å²) >= 11 is 0. The van der Waals surface area contributed by atoms with Crippen molar-refractivity contribution in [2.24, 2.45) is 11.8 Å². The van der Waals surface area contributed by atoms with Crippen molar-refractivity contribution in [3.05, 3.63) is 29.8 Å². The number of hydrogen-bond donors (Lipinski definition) is 1. The fourth-order valence-electron chi connectivity index (χ4n) is 2.87. The first-order valence-corrected chi connectivity index (χ1v) is 7.72. The Morgan fingerprint density at radius 3 is 2.17 bits per heavy atom. The summed E-state index contributed by atoms with van der Waals surface area (Å²) in [7, 11) is 0. The van der Waals surface area contributed by atoms with Gasteiger partial charge in [-0.1, -0.05) is 25.5 Å². The van der Waals surface area contributed by atoms with Crippen LogP contribution in [0.15, 0.2) is 24.3 Å². The number of hydrogen-bond acceptors (Lipinski definition) is 1. The molecule has 1 aromatic rings. The predicted molar refractivity (Wildman–Crippen MR) is 77.9 cm³/mol. The highest BCUT2D eigenvalue weighted by molar-refractivity contribution is 5.46. The highest BCUT2D eigenvalue weighted by Crippen LogP contribution is 2.45. The number of anilines is 1. The molecule has 98 valence electrons. The van der Waals surface area contributed by atoms with Gasteiger partial charge in [-0.3, -0.25) is 0 Å². The molecule has 3 rings (SSSR count).